The average Bonchev–Trinajstić information content (AvgIpc) is 3.27. The number of hydrogen-bond acceptors (Lipinski definition) is 6. The Morgan fingerprint density at radius 2 is 1.96 bits per heavy atom. The second-order valence-corrected chi connectivity index (χ2v) is 7.46. The van der Waals surface area contributed by atoms with Crippen LogP contribution < -0.4 is 14.8 Å². The molecule has 0 radical (unpaired) electrons. The Morgan fingerprint density at radius 3 is 2.63 bits per heavy atom. The summed E-state index contributed by atoms with van der Waals surface area (Å²) in [4.78, 5) is 29.0. The molecule has 144 valence electrons. The largest absolute Gasteiger partial charge is 0.493 e. The van der Waals surface area contributed by atoms with Gasteiger partial charge in [-0.25, -0.2) is 4.98 Å². The van der Waals surface area contributed by atoms with Gasteiger partial charge in [0.15, 0.2) is 11.5 Å². The summed E-state index contributed by atoms with van der Waals surface area (Å²) in [7, 11) is 3.13. The molecule has 0 aliphatic heterocycles. The van der Waals surface area contributed by atoms with Crippen LogP contribution in [-0.4, -0.2) is 42.2 Å². The Kier molecular flexibility index (Phi) is 5.65. The highest BCUT2D eigenvalue weighted by Crippen LogP contribution is 2.35. The fourth-order valence-corrected chi connectivity index (χ4v) is 4.33. The molecular weight excluding hydrogens is 368 g/mol. The van der Waals surface area contributed by atoms with Crippen LogP contribution in [0.1, 0.15) is 34.6 Å². The number of methoxy groups -OCH3 is 2. The number of carboxylic acid groups (broad SMARTS) is 1. The molecule has 1 aliphatic rings. The molecule has 27 heavy (non-hydrogen) atoms. The summed E-state index contributed by atoms with van der Waals surface area (Å²) in [6, 6.07) is 5.14. The molecule has 0 unspecified atom stereocenters. The Hall–Kier alpha value is -2.61. The van der Waals surface area contributed by atoms with E-state index in [4.69, 9.17) is 9.47 Å². The van der Waals surface area contributed by atoms with Crippen molar-refractivity contribution in [3.63, 3.8) is 0 Å². The van der Waals surface area contributed by atoms with Gasteiger partial charge in [0.05, 0.1) is 25.8 Å². The van der Waals surface area contributed by atoms with Gasteiger partial charge in [-0.1, -0.05) is 6.42 Å². The van der Waals surface area contributed by atoms with Crippen molar-refractivity contribution in [2.45, 2.75) is 32.2 Å². The molecule has 0 saturated heterocycles. The number of rotatable bonds is 6. The number of carboxylic acids is 1. The summed E-state index contributed by atoms with van der Waals surface area (Å²) >= 11 is 1.28. The Morgan fingerprint density at radius 1 is 1.22 bits per heavy atom. The summed E-state index contributed by atoms with van der Waals surface area (Å²) < 4.78 is 10.6. The number of nitrogens with one attached hydrogen (secondary N) is 1. The quantitative estimate of drug-likeness (QED) is 0.786. The maximum atomic E-state index is 12.7. The zero-order valence-corrected chi connectivity index (χ0v) is 16.3. The highest BCUT2D eigenvalue weighted by molar-refractivity contribution is 7.17. The summed E-state index contributed by atoms with van der Waals surface area (Å²) in [6.07, 6.45) is 2.09. The van der Waals surface area contributed by atoms with Crippen LogP contribution >= 0.6 is 11.3 Å². The number of nitrogens with zero attached hydrogens (tertiary/aromatic N) is 1. The van der Waals surface area contributed by atoms with Crippen molar-refractivity contribution in [1.82, 2.24) is 10.3 Å². The molecule has 8 heteroatoms. The van der Waals surface area contributed by atoms with Crippen molar-refractivity contribution in [2.24, 2.45) is 5.92 Å². The standard InChI is InChI=1S/C19H22N2O5S/c1-10-16(17(22)21-13-6-4-5-12(13)19(23)24)27-18(20-10)11-7-8-14(25-2)15(9-11)26-3/h7-9,12-13H,4-6H2,1-3H3,(H,21,22)(H,23,24)/t12-,13+/m0/s1. The molecule has 2 N–H and O–H groups in total. The van der Waals surface area contributed by atoms with E-state index in [0.717, 1.165) is 12.0 Å². The molecular formula is C19H22N2O5S. The fourth-order valence-electron chi connectivity index (χ4n) is 3.36. The van der Waals surface area contributed by atoms with Gasteiger partial charge < -0.3 is 19.9 Å². The molecule has 1 aromatic heterocycles. The third-order valence-electron chi connectivity index (χ3n) is 4.78. The second-order valence-electron chi connectivity index (χ2n) is 6.46. The van der Waals surface area contributed by atoms with E-state index in [1.807, 2.05) is 12.1 Å². The molecule has 0 bridgehead atoms. The Labute approximate surface area is 161 Å². The van der Waals surface area contributed by atoms with Gasteiger partial charge in [-0.3, -0.25) is 9.59 Å². The van der Waals surface area contributed by atoms with Crippen LogP contribution in [0.2, 0.25) is 0 Å². The van der Waals surface area contributed by atoms with Crippen molar-refractivity contribution in [3.8, 4) is 22.1 Å². The summed E-state index contributed by atoms with van der Waals surface area (Å²) in [6.45, 7) is 1.78. The molecule has 1 heterocycles. The molecule has 0 spiro atoms. The fraction of sp³-hybridized carbons (Fsp3) is 0.421. The Balaban J connectivity index is 1.82. The van der Waals surface area contributed by atoms with Crippen molar-refractivity contribution < 1.29 is 24.2 Å². The normalized spacial score (nSPS) is 18.9. The van der Waals surface area contributed by atoms with E-state index in [1.54, 1.807) is 27.2 Å². The molecule has 1 aromatic carbocycles. The number of aryl methyl sites for hydroxylation is 1. The van der Waals surface area contributed by atoms with E-state index in [1.165, 1.54) is 11.3 Å². The van der Waals surface area contributed by atoms with E-state index in [0.29, 0.717) is 39.9 Å². The number of carbonyl (C=O) groups is 2. The first-order chi connectivity index (χ1) is 12.9. The maximum Gasteiger partial charge on any atom is 0.308 e. The smallest absolute Gasteiger partial charge is 0.308 e. The maximum absolute atomic E-state index is 12.7. The lowest BCUT2D eigenvalue weighted by Crippen LogP contribution is -2.40. The third-order valence-corrected chi connectivity index (χ3v) is 5.99. The van der Waals surface area contributed by atoms with Crippen LogP contribution in [0, 0.1) is 12.8 Å². The number of thiazole rings is 1. The Bertz CT molecular complexity index is 864. The van der Waals surface area contributed by atoms with Gasteiger partial charge >= 0.3 is 5.97 Å². The van der Waals surface area contributed by atoms with Crippen LogP contribution in [0.5, 0.6) is 11.5 Å². The summed E-state index contributed by atoms with van der Waals surface area (Å²) in [5.41, 5.74) is 1.44. The van der Waals surface area contributed by atoms with Crippen molar-refractivity contribution in [1.29, 1.82) is 0 Å². The van der Waals surface area contributed by atoms with Gasteiger partial charge in [0.25, 0.3) is 5.91 Å². The zero-order valence-electron chi connectivity index (χ0n) is 15.4. The molecule has 7 nitrogen and oxygen atoms in total. The summed E-state index contributed by atoms with van der Waals surface area (Å²) in [5.74, 6) is -0.440. The molecule has 2 atom stereocenters. The minimum Gasteiger partial charge on any atom is -0.493 e. The molecule has 1 aliphatic carbocycles. The minimum atomic E-state index is -0.857. The average molecular weight is 390 g/mol. The first-order valence-corrected chi connectivity index (χ1v) is 9.49. The van der Waals surface area contributed by atoms with Crippen LogP contribution in [0.4, 0.5) is 0 Å². The third kappa shape index (κ3) is 3.90. The first kappa shape index (κ1) is 19.2. The molecule has 3 rings (SSSR count). The van der Waals surface area contributed by atoms with Crippen molar-refractivity contribution >= 4 is 23.2 Å². The van der Waals surface area contributed by atoms with Crippen LogP contribution in [0.15, 0.2) is 18.2 Å². The van der Waals surface area contributed by atoms with Gasteiger partial charge in [0.2, 0.25) is 0 Å². The van der Waals surface area contributed by atoms with Gasteiger partial charge in [0.1, 0.15) is 9.88 Å². The number of hydrogen-bond donors (Lipinski definition) is 2. The summed E-state index contributed by atoms with van der Waals surface area (Å²) in [5, 5.41) is 12.9. The highest BCUT2D eigenvalue weighted by Gasteiger charge is 2.34. The van der Waals surface area contributed by atoms with Crippen LogP contribution in [-0.2, 0) is 4.79 Å². The van der Waals surface area contributed by atoms with Crippen molar-refractivity contribution in [2.75, 3.05) is 14.2 Å². The van der Waals surface area contributed by atoms with Gasteiger partial charge in [-0.05, 0) is 38.0 Å². The van der Waals surface area contributed by atoms with E-state index in [9.17, 15) is 14.7 Å². The monoisotopic (exact) mass is 390 g/mol. The number of amides is 1. The number of benzene rings is 1. The molecule has 2 aromatic rings. The van der Waals surface area contributed by atoms with Crippen molar-refractivity contribution in [3.05, 3.63) is 28.8 Å². The lowest BCUT2D eigenvalue weighted by atomic mass is 10.0. The number of ether oxygens (including phenoxy) is 2. The predicted octanol–water partition coefficient (Wildman–Crippen LogP) is 3.12. The first-order valence-electron chi connectivity index (χ1n) is 8.68. The molecule has 1 saturated carbocycles. The van der Waals surface area contributed by atoms with E-state index < -0.39 is 11.9 Å². The van der Waals surface area contributed by atoms with E-state index >= 15 is 0 Å². The van der Waals surface area contributed by atoms with E-state index in [-0.39, 0.29) is 11.9 Å². The van der Waals surface area contributed by atoms with Crippen LogP contribution in [0.25, 0.3) is 10.6 Å². The predicted molar refractivity (Wildman–Crippen MR) is 102 cm³/mol. The van der Waals surface area contributed by atoms with Gasteiger partial charge in [-0.2, -0.15) is 0 Å². The second kappa shape index (κ2) is 7.96. The number of aliphatic carboxylic acids is 1. The SMILES string of the molecule is COc1ccc(-c2nc(C)c(C(=O)N[C@@H]3CCC[C@@H]3C(=O)O)s2)cc1OC. The molecule has 1 fully saturated rings. The minimum absolute atomic E-state index is 0.269. The topological polar surface area (TPSA) is 97.8 Å². The lowest BCUT2D eigenvalue weighted by Gasteiger charge is -2.17. The zero-order chi connectivity index (χ0) is 19.6. The number of carbonyl (C=O) groups excluding carboxylic acids is 1. The number of aromatic nitrogens is 1. The van der Waals surface area contributed by atoms with E-state index in [2.05, 4.69) is 10.3 Å². The van der Waals surface area contributed by atoms with Gasteiger partial charge in [0, 0.05) is 11.6 Å². The highest BCUT2D eigenvalue weighted by atomic mass is 32.1. The van der Waals surface area contributed by atoms with Gasteiger partial charge in [-0.15, -0.1) is 11.3 Å². The lowest BCUT2D eigenvalue weighted by molar-refractivity contribution is -0.142. The van der Waals surface area contributed by atoms with Crippen LogP contribution in [0.3, 0.4) is 0 Å². The molecule has 1 amide bonds.